The van der Waals surface area contributed by atoms with Crippen molar-refractivity contribution >= 4 is 21.6 Å². The van der Waals surface area contributed by atoms with Crippen LogP contribution in [0.15, 0.2) is 29.6 Å². The molecule has 0 saturated heterocycles. The van der Waals surface area contributed by atoms with Crippen LogP contribution in [0.25, 0.3) is 11.5 Å². The summed E-state index contributed by atoms with van der Waals surface area (Å²) in [6.45, 7) is 1.90. The van der Waals surface area contributed by atoms with Gasteiger partial charge in [-0.25, -0.2) is 8.42 Å². The molecule has 1 atom stereocenters. The van der Waals surface area contributed by atoms with Gasteiger partial charge in [-0.3, -0.25) is 10.1 Å². The first-order chi connectivity index (χ1) is 9.44. The second-order valence-electron chi connectivity index (χ2n) is 4.69. The number of pyridine rings is 1. The molecule has 2 rings (SSSR count). The van der Waals surface area contributed by atoms with Crippen LogP contribution < -0.4 is 0 Å². The fraction of sp³-hybridized carbons (Fsp3) is 0.417. The van der Waals surface area contributed by atoms with Crippen LogP contribution in [0.4, 0.5) is 0 Å². The van der Waals surface area contributed by atoms with E-state index in [0.717, 1.165) is 5.69 Å². The van der Waals surface area contributed by atoms with Crippen LogP contribution in [0.5, 0.6) is 0 Å². The number of H-pyrrole nitrogens is 1. The number of nitrogens with zero attached hydrogens (tertiary/aromatic N) is 3. The van der Waals surface area contributed by atoms with Crippen molar-refractivity contribution in [1.29, 1.82) is 0 Å². The van der Waals surface area contributed by atoms with Crippen molar-refractivity contribution in [3.63, 3.8) is 0 Å². The molecule has 20 heavy (non-hydrogen) atoms. The van der Waals surface area contributed by atoms with Crippen LogP contribution in [0.1, 0.15) is 6.92 Å². The standard InChI is InChI=1S/C12H16N4O2S2/c1-9(8-20(2,17)18)7-19-12-14-11(15-16-12)10-5-3-4-6-13-10/h3-6,9H,7-8H2,1-2H3,(H,14,15,16)/t9-/m1/s1. The number of thioether (sulfide) groups is 1. The molecular formula is C12H16N4O2S2. The average molecular weight is 312 g/mol. The zero-order valence-corrected chi connectivity index (χ0v) is 12.9. The van der Waals surface area contributed by atoms with E-state index in [2.05, 4.69) is 20.2 Å². The molecule has 0 aliphatic rings. The van der Waals surface area contributed by atoms with E-state index in [9.17, 15) is 8.42 Å². The number of nitrogens with one attached hydrogen (secondary N) is 1. The van der Waals surface area contributed by atoms with E-state index in [1.807, 2.05) is 25.1 Å². The summed E-state index contributed by atoms with van der Waals surface area (Å²) in [5.41, 5.74) is 0.732. The molecule has 0 bridgehead atoms. The van der Waals surface area contributed by atoms with Crippen molar-refractivity contribution in [3.05, 3.63) is 24.4 Å². The summed E-state index contributed by atoms with van der Waals surface area (Å²) in [4.78, 5) is 8.52. The summed E-state index contributed by atoms with van der Waals surface area (Å²) >= 11 is 1.44. The summed E-state index contributed by atoms with van der Waals surface area (Å²) in [5, 5.41) is 7.53. The average Bonchev–Trinajstić information content (AvgIpc) is 2.84. The zero-order valence-electron chi connectivity index (χ0n) is 11.3. The Labute approximate surface area is 122 Å². The highest BCUT2D eigenvalue weighted by atomic mass is 32.2. The van der Waals surface area contributed by atoms with Crippen molar-refractivity contribution < 1.29 is 8.42 Å². The van der Waals surface area contributed by atoms with Gasteiger partial charge in [-0.05, 0) is 18.1 Å². The Morgan fingerprint density at radius 2 is 2.20 bits per heavy atom. The maximum Gasteiger partial charge on any atom is 0.208 e. The Balaban J connectivity index is 1.94. The molecule has 2 aromatic heterocycles. The van der Waals surface area contributed by atoms with E-state index in [4.69, 9.17) is 0 Å². The van der Waals surface area contributed by atoms with E-state index in [1.165, 1.54) is 18.0 Å². The van der Waals surface area contributed by atoms with E-state index in [-0.39, 0.29) is 11.7 Å². The van der Waals surface area contributed by atoms with Gasteiger partial charge in [0.05, 0.1) is 5.75 Å². The highest BCUT2D eigenvalue weighted by Crippen LogP contribution is 2.20. The number of sulfone groups is 1. The van der Waals surface area contributed by atoms with Gasteiger partial charge in [0, 0.05) is 18.2 Å². The van der Waals surface area contributed by atoms with Gasteiger partial charge >= 0.3 is 0 Å². The minimum absolute atomic E-state index is 0.0619. The Morgan fingerprint density at radius 1 is 1.40 bits per heavy atom. The molecule has 0 radical (unpaired) electrons. The maximum absolute atomic E-state index is 11.2. The largest absolute Gasteiger partial charge is 0.257 e. The molecular weight excluding hydrogens is 296 g/mol. The predicted octanol–water partition coefficient (Wildman–Crippen LogP) is 1.64. The monoisotopic (exact) mass is 312 g/mol. The van der Waals surface area contributed by atoms with Gasteiger partial charge in [-0.1, -0.05) is 24.8 Å². The lowest BCUT2D eigenvalue weighted by Gasteiger charge is -2.07. The van der Waals surface area contributed by atoms with Gasteiger partial charge in [0.15, 0.2) is 5.82 Å². The van der Waals surface area contributed by atoms with Gasteiger partial charge in [0.25, 0.3) is 0 Å². The normalized spacial score (nSPS) is 13.3. The molecule has 0 aliphatic heterocycles. The smallest absolute Gasteiger partial charge is 0.208 e. The Hall–Kier alpha value is -1.41. The molecule has 0 saturated carbocycles. The van der Waals surface area contributed by atoms with E-state index in [1.54, 1.807) is 6.20 Å². The van der Waals surface area contributed by atoms with Gasteiger partial charge in [-0.15, -0.1) is 5.10 Å². The molecule has 0 aliphatic carbocycles. The predicted molar refractivity (Wildman–Crippen MR) is 79.2 cm³/mol. The summed E-state index contributed by atoms with van der Waals surface area (Å²) in [6, 6.07) is 5.56. The van der Waals surface area contributed by atoms with Crippen molar-refractivity contribution in [1.82, 2.24) is 20.2 Å². The molecule has 2 aromatic rings. The highest BCUT2D eigenvalue weighted by Gasteiger charge is 2.13. The van der Waals surface area contributed by atoms with Gasteiger partial charge < -0.3 is 0 Å². The summed E-state index contributed by atoms with van der Waals surface area (Å²) < 4.78 is 22.4. The minimum atomic E-state index is -2.94. The fourth-order valence-electron chi connectivity index (χ4n) is 1.71. The molecule has 0 spiro atoms. The van der Waals surface area contributed by atoms with Gasteiger partial charge in [0.2, 0.25) is 5.16 Å². The molecule has 0 amide bonds. The number of rotatable bonds is 6. The first kappa shape index (κ1) is 15.0. The minimum Gasteiger partial charge on any atom is -0.257 e. The SMILES string of the molecule is C[C@H](CSc1n[nH]c(-c2ccccn2)n1)CS(C)(=O)=O. The Kier molecular flexibility index (Phi) is 4.77. The van der Waals surface area contributed by atoms with Gasteiger partial charge in [-0.2, -0.15) is 4.98 Å². The molecule has 108 valence electrons. The third-order valence-corrected chi connectivity index (χ3v) is 4.81. The maximum atomic E-state index is 11.2. The first-order valence-corrected chi connectivity index (χ1v) is 9.13. The Bertz CT molecular complexity index is 655. The fourth-order valence-corrected chi connectivity index (χ4v) is 3.83. The molecule has 0 aromatic carbocycles. The number of aromatic amines is 1. The Morgan fingerprint density at radius 3 is 2.85 bits per heavy atom. The lowest BCUT2D eigenvalue weighted by molar-refractivity contribution is 0.589. The van der Waals surface area contributed by atoms with Crippen LogP contribution in [0, 0.1) is 5.92 Å². The van der Waals surface area contributed by atoms with Crippen LogP contribution in [0.3, 0.4) is 0 Å². The van der Waals surface area contributed by atoms with E-state index in [0.29, 0.717) is 16.7 Å². The number of hydrogen-bond donors (Lipinski definition) is 1. The molecule has 2 heterocycles. The van der Waals surface area contributed by atoms with Gasteiger partial charge in [0.1, 0.15) is 15.5 Å². The molecule has 0 fully saturated rings. The molecule has 8 heteroatoms. The van der Waals surface area contributed by atoms with Crippen LogP contribution in [0.2, 0.25) is 0 Å². The molecule has 6 nitrogen and oxygen atoms in total. The summed E-state index contributed by atoms with van der Waals surface area (Å²) in [5.74, 6) is 1.51. The van der Waals surface area contributed by atoms with Crippen molar-refractivity contribution in [2.45, 2.75) is 12.1 Å². The van der Waals surface area contributed by atoms with Crippen LogP contribution in [-0.2, 0) is 9.84 Å². The molecule has 0 unspecified atom stereocenters. The third-order valence-electron chi connectivity index (χ3n) is 2.46. The van der Waals surface area contributed by atoms with Crippen LogP contribution in [-0.4, -0.2) is 46.3 Å². The summed E-state index contributed by atoms with van der Waals surface area (Å²) in [6.07, 6.45) is 2.94. The van der Waals surface area contributed by atoms with Crippen LogP contribution >= 0.6 is 11.8 Å². The second kappa shape index (κ2) is 6.36. The highest BCUT2D eigenvalue weighted by molar-refractivity contribution is 7.99. The lowest BCUT2D eigenvalue weighted by atomic mass is 10.3. The second-order valence-corrected chi connectivity index (χ2v) is 7.86. The first-order valence-electron chi connectivity index (χ1n) is 6.08. The quantitative estimate of drug-likeness (QED) is 0.816. The van der Waals surface area contributed by atoms with E-state index < -0.39 is 9.84 Å². The topological polar surface area (TPSA) is 88.6 Å². The molecule has 1 N–H and O–H groups in total. The van der Waals surface area contributed by atoms with E-state index >= 15 is 0 Å². The van der Waals surface area contributed by atoms with Crippen molar-refractivity contribution in [2.24, 2.45) is 5.92 Å². The summed E-state index contributed by atoms with van der Waals surface area (Å²) in [7, 11) is -2.94. The lowest BCUT2D eigenvalue weighted by Crippen LogP contribution is -2.13. The zero-order chi connectivity index (χ0) is 14.6. The van der Waals surface area contributed by atoms with Crippen molar-refractivity contribution in [3.8, 4) is 11.5 Å². The number of aromatic nitrogens is 4. The third kappa shape index (κ3) is 4.61. The number of hydrogen-bond acceptors (Lipinski definition) is 6. The van der Waals surface area contributed by atoms with Crippen molar-refractivity contribution in [2.75, 3.05) is 17.8 Å².